The molecule has 0 aliphatic rings. The molecule has 0 heterocycles. The van der Waals surface area contributed by atoms with Crippen molar-refractivity contribution < 1.29 is 19.2 Å². The maximum absolute atomic E-state index is 13.2. The van der Waals surface area contributed by atoms with Crippen molar-refractivity contribution in [2.24, 2.45) is 16.8 Å². The molecule has 0 unspecified atom stereocenters. The molecule has 3 N–H and O–H groups in total. The van der Waals surface area contributed by atoms with Crippen LogP contribution in [0.2, 0.25) is 0 Å². The van der Waals surface area contributed by atoms with Crippen molar-refractivity contribution in [2.75, 3.05) is 0 Å². The second-order valence-electron chi connectivity index (χ2n) is 8.31. The van der Waals surface area contributed by atoms with Gasteiger partial charge in [-0.15, -0.1) is 0 Å². The van der Waals surface area contributed by atoms with Gasteiger partial charge in [0.15, 0.2) is 0 Å². The summed E-state index contributed by atoms with van der Waals surface area (Å²) in [5, 5.41) is 4.00. The van der Waals surface area contributed by atoms with E-state index in [0.29, 0.717) is 38.1 Å². The van der Waals surface area contributed by atoms with E-state index in [1.165, 1.54) is 0 Å². The van der Waals surface area contributed by atoms with Gasteiger partial charge >= 0.3 is 11.8 Å². The first-order valence-electron chi connectivity index (χ1n) is 11.9. The average molecular weight is 479 g/mol. The van der Waals surface area contributed by atoms with Gasteiger partial charge in [-0.1, -0.05) is 80.9 Å². The Labute approximate surface area is 206 Å². The molecule has 0 spiro atoms. The first-order chi connectivity index (χ1) is 16.8. The Kier molecular flexibility index (Phi) is 11.3. The number of Topliss-reactive ketones (excluding diaryl/α,β-unsaturated/α-hetero) is 1. The van der Waals surface area contributed by atoms with Crippen LogP contribution in [0, 0.1) is 5.92 Å². The van der Waals surface area contributed by atoms with Gasteiger partial charge in [0.1, 0.15) is 5.78 Å². The van der Waals surface area contributed by atoms with Gasteiger partial charge in [0.2, 0.25) is 5.91 Å². The summed E-state index contributed by atoms with van der Waals surface area (Å²) in [5.41, 5.74) is 9.58. The van der Waals surface area contributed by atoms with E-state index >= 15 is 0 Å². The third-order valence-electron chi connectivity index (χ3n) is 5.60. The van der Waals surface area contributed by atoms with E-state index in [9.17, 15) is 19.2 Å². The Morgan fingerprint density at radius 3 is 1.86 bits per heavy atom. The number of ketones is 1. The van der Waals surface area contributed by atoms with Crippen LogP contribution in [0.5, 0.6) is 0 Å². The molecule has 2 aromatic rings. The number of nitrogens with zero attached hydrogens (tertiary/aromatic N) is 2. The number of nitrogens with one attached hydrogen (secondary N) is 1. The van der Waals surface area contributed by atoms with Crippen LogP contribution in [0.1, 0.15) is 57.1 Å². The van der Waals surface area contributed by atoms with Crippen molar-refractivity contribution in [1.29, 1.82) is 0 Å². The van der Waals surface area contributed by atoms with Crippen LogP contribution in [0.15, 0.2) is 65.8 Å². The number of rotatable bonds is 13. The zero-order valence-electron chi connectivity index (χ0n) is 20.4. The highest BCUT2D eigenvalue weighted by Crippen LogP contribution is 2.17. The molecule has 8 heteroatoms. The molecule has 0 saturated heterocycles. The molecule has 2 aromatic carbocycles. The molecule has 8 nitrogen and oxygen atoms in total. The largest absolute Gasteiger partial charge is 0.361 e. The normalized spacial score (nSPS) is 12.0. The minimum atomic E-state index is -1.15. The van der Waals surface area contributed by atoms with Gasteiger partial charge in [-0.3, -0.25) is 19.2 Å². The minimum absolute atomic E-state index is 0.0594. The second kappa shape index (κ2) is 14.5. The van der Waals surface area contributed by atoms with Gasteiger partial charge in [-0.25, -0.2) is 5.43 Å². The van der Waals surface area contributed by atoms with Gasteiger partial charge in [-0.2, -0.15) is 5.10 Å². The summed E-state index contributed by atoms with van der Waals surface area (Å²) in [6, 6.07) is 19.5. The van der Waals surface area contributed by atoms with E-state index in [2.05, 4.69) is 10.5 Å². The summed E-state index contributed by atoms with van der Waals surface area (Å²) in [6.45, 7) is 4.67. The van der Waals surface area contributed by atoms with E-state index < -0.39 is 17.7 Å². The lowest BCUT2D eigenvalue weighted by atomic mass is 9.90. The van der Waals surface area contributed by atoms with Crippen LogP contribution in [-0.2, 0) is 32.3 Å². The summed E-state index contributed by atoms with van der Waals surface area (Å²) in [5.74, 6) is -2.97. The molecule has 35 heavy (non-hydrogen) atoms. The van der Waals surface area contributed by atoms with E-state index in [-0.39, 0.29) is 24.5 Å². The van der Waals surface area contributed by atoms with Crippen molar-refractivity contribution in [3.05, 3.63) is 71.8 Å². The third kappa shape index (κ3) is 9.16. The number of benzene rings is 2. The lowest BCUT2D eigenvalue weighted by molar-refractivity contribution is -0.137. The first-order valence-corrected chi connectivity index (χ1v) is 11.9. The predicted octanol–water partition coefficient (Wildman–Crippen LogP) is 3.35. The SMILES string of the molecule is CCC/C(=N/NC(=O)C(N)=O)[C@H](CC)C(=O)CCC(=O)N(Cc1ccccc1)Cc1ccccc1. The number of nitrogens with two attached hydrogens (primary N) is 1. The fraction of sp³-hybridized carbons (Fsp3) is 0.370. The summed E-state index contributed by atoms with van der Waals surface area (Å²) in [7, 11) is 0. The molecule has 0 aliphatic carbocycles. The lowest BCUT2D eigenvalue weighted by Gasteiger charge is -2.24. The van der Waals surface area contributed by atoms with Crippen LogP contribution in [-0.4, -0.2) is 34.1 Å². The van der Waals surface area contributed by atoms with Crippen LogP contribution in [0.25, 0.3) is 0 Å². The molecule has 3 amide bonds. The highest BCUT2D eigenvalue weighted by atomic mass is 16.2. The number of carbonyl (C=O) groups is 4. The van der Waals surface area contributed by atoms with Crippen molar-refractivity contribution in [3.8, 4) is 0 Å². The van der Waals surface area contributed by atoms with Gasteiger partial charge in [0.05, 0.1) is 5.92 Å². The molecule has 186 valence electrons. The number of amides is 3. The van der Waals surface area contributed by atoms with Crippen molar-refractivity contribution >= 4 is 29.2 Å². The Morgan fingerprint density at radius 2 is 1.40 bits per heavy atom. The smallest absolute Gasteiger partial charge is 0.329 e. The van der Waals surface area contributed by atoms with Crippen LogP contribution < -0.4 is 11.2 Å². The van der Waals surface area contributed by atoms with E-state index in [0.717, 1.165) is 11.1 Å². The molecule has 0 aliphatic heterocycles. The van der Waals surface area contributed by atoms with Crippen molar-refractivity contribution in [1.82, 2.24) is 10.3 Å². The highest BCUT2D eigenvalue weighted by Gasteiger charge is 2.24. The Bertz CT molecular complexity index is 980. The molecule has 0 bridgehead atoms. The Balaban J connectivity index is 2.10. The van der Waals surface area contributed by atoms with Gasteiger partial charge in [0.25, 0.3) is 0 Å². The summed E-state index contributed by atoms with van der Waals surface area (Å²) in [4.78, 5) is 50.5. The fourth-order valence-electron chi connectivity index (χ4n) is 3.79. The number of primary amides is 1. The van der Waals surface area contributed by atoms with Gasteiger partial charge in [-0.05, 0) is 24.0 Å². The second-order valence-corrected chi connectivity index (χ2v) is 8.31. The third-order valence-corrected chi connectivity index (χ3v) is 5.60. The topological polar surface area (TPSA) is 122 Å². The molecule has 0 fully saturated rings. The number of hydrogen-bond acceptors (Lipinski definition) is 5. The molecular formula is C27H34N4O4. The molecule has 0 radical (unpaired) electrons. The molecule has 0 aromatic heterocycles. The summed E-state index contributed by atoms with van der Waals surface area (Å²) < 4.78 is 0. The number of hydrazone groups is 1. The van der Waals surface area contributed by atoms with Crippen LogP contribution in [0.3, 0.4) is 0 Å². The maximum Gasteiger partial charge on any atom is 0.329 e. The first kappa shape index (κ1) is 27.4. The summed E-state index contributed by atoms with van der Waals surface area (Å²) >= 11 is 0. The summed E-state index contributed by atoms with van der Waals surface area (Å²) in [6.07, 6.45) is 1.78. The minimum Gasteiger partial charge on any atom is -0.361 e. The number of hydrogen-bond donors (Lipinski definition) is 2. The average Bonchev–Trinajstić information content (AvgIpc) is 2.86. The number of carbonyl (C=O) groups excluding carboxylic acids is 4. The maximum atomic E-state index is 13.2. The van der Waals surface area contributed by atoms with E-state index in [1.807, 2.05) is 74.5 Å². The molecule has 0 saturated carbocycles. The molecule has 2 rings (SSSR count). The van der Waals surface area contributed by atoms with Crippen LogP contribution in [0.4, 0.5) is 0 Å². The van der Waals surface area contributed by atoms with Crippen molar-refractivity contribution in [3.63, 3.8) is 0 Å². The predicted molar refractivity (Wildman–Crippen MR) is 135 cm³/mol. The zero-order chi connectivity index (χ0) is 25.6. The van der Waals surface area contributed by atoms with Gasteiger partial charge < -0.3 is 10.6 Å². The lowest BCUT2D eigenvalue weighted by Crippen LogP contribution is -2.35. The van der Waals surface area contributed by atoms with Gasteiger partial charge in [0, 0.05) is 31.6 Å². The molecule has 1 atom stereocenters. The van der Waals surface area contributed by atoms with E-state index in [1.54, 1.807) is 4.90 Å². The Morgan fingerprint density at radius 1 is 0.857 bits per heavy atom. The Hall–Kier alpha value is -3.81. The highest BCUT2D eigenvalue weighted by molar-refractivity contribution is 6.34. The monoisotopic (exact) mass is 478 g/mol. The van der Waals surface area contributed by atoms with E-state index in [4.69, 9.17) is 5.73 Å². The standard InChI is InChI=1S/C27H34N4O4/c1-3-11-23(29-30-27(35)26(28)34)22(4-2)24(32)16-17-25(33)31(18-20-12-7-5-8-13-20)19-21-14-9-6-10-15-21/h5-10,12-15,22H,3-4,11,16-19H2,1-2H3,(H2,28,34)(H,30,35)/b29-23-/t22-/m0/s1. The zero-order valence-corrected chi connectivity index (χ0v) is 20.4. The molecular weight excluding hydrogens is 444 g/mol. The fourth-order valence-corrected chi connectivity index (χ4v) is 3.79. The van der Waals surface area contributed by atoms with Crippen molar-refractivity contribution in [2.45, 2.75) is 59.0 Å². The van der Waals surface area contributed by atoms with Crippen LogP contribution >= 0.6 is 0 Å². The quantitative estimate of drug-likeness (QED) is 0.260.